The number of halogens is 2. The predicted molar refractivity (Wildman–Crippen MR) is 112 cm³/mol. The van der Waals surface area contributed by atoms with Crippen molar-refractivity contribution in [2.75, 3.05) is 0 Å². The van der Waals surface area contributed by atoms with Crippen molar-refractivity contribution in [3.8, 4) is 11.3 Å². The van der Waals surface area contributed by atoms with Crippen LogP contribution in [-0.4, -0.2) is 17.3 Å². The summed E-state index contributed by atoms with van der Waals surface area (Å²) in [6.07, 6.45) is 4.62. The molecule has 6 nitrogen and oxygen atoms in total. The molecule has 4 rings (SSSR count). The summed E-state index contributed by atoms with van der Waals surface area (Å²) in [5, 5.41) is 11.7. The van der Waals surface area contributed by atoms with Gasteiger partial charge in [0.05, 0.1) is 27.4 Å². The van der Waals surface area contributed by atoms with E-state index in [2.05, 4.69) is 15.5 Å². The summed E-state index contributed by atoms with van der Waals surface area (Å²) in [7, 11) is 0. The van der Waals surface area contributed by atoms with Gasteiger partial charge in [-0.05, 0) is 48.2 Å². The van der Waals surface area contributed by atoms with E-state index in [4.69, 9.17) is 32.0 Å². The first-order valence-electron chi connectivity index (χ1n) is 8.00. The van der Waals surface area contributed by atoms with E-state index in [0.29, 0.717) is 43.0 Å². The van der Waals surface area contributed by atoms with Crippen LogP contribution < -0.4 is 5.32 Å². The molecule has 1 aliphatic heterocycles. The monoisotopic (exact) mass is 431 g/mol. The molecule has 1 saturated heterocycles. The van der Waals surface area contributed by atoms with Gasteiger partial charge in [-0.15, -0.1) is 5.10 Å². The maximum Gasteiger partial charge on any atom is 0.264 e. The second kappa shape index (κ2) is 8.10. The smallest absolute Gasteiger partial charge is 0.264 e. The second-order valence-electron chi connectivity index (χ2n) is 5.53. The van der Waals surface area contributed by atoms with Gasteiger partial charge >= 0.3 is 0 Å². The molecule has 1 aliphatic rings. The summed E-state index contributed by atoms with van der Waals surface area (Å²) in [4.78, 5) is 12.6. The van der Waals surface area contributed by atoms with Crippen LogP contribution in [0.25, 0.3) is 17.4 Å². The first kappa shape index (κ1) is 18.6. The lowest BCUT2D eigenvalue weighted by Gasteiger charge is -2.01. The molecule has 3 heterocycles. The molecule has 0 saturated carbocycles. The standard InChI is InChI=1S/C19H11Cl2N3O3S/c20-14-5-1-4-13(17(14)21)15-7-6-11(27-15)9-16-18(25)23-19(28-16)24-22-10-12-3-2-8-26-12/h1-10H,(H,23,24,25). The van der Waals surface area contributed by atoms with Crippen molar-refractivity contribution in [1.82, 2.24) is 5.32 Å². The van der Waals surface area contributed by atoms with Gasteiger partial charge in [0.1, 0.15) is 17.3 Å². The van der Waals surface area contributed by atoms with Crippen LogP contribution in [0.3, 0.4) is 0 Å². The number of amides is 1. The van der Waals surface area contributed by atoms with Gasteiger partial charge in [0.2, 0.25) is 0 Å². The van der Waals surface area contributed by atoms with E-state index in [1.54, 1.807) is 42.5 Å². The number of amidine groups is 1. The quantitative estimate of drug-likeness (QED) is 0.338. The molecule has 1 fully saturated rings. The molecular weight excluding hydrogens is 421 g/mol. The number of hydrogen-bond donors (Lipinski definition) is 1. The van der Waals surface area contributed by atoms with Crippen molar-refractivity contribution in [1.29, 1.82) is 0 Å². The van der Waals surface area contributed by atoms with Gasteiger partial charge in [0.15, 0.2) is 5.17 Å². The van der Waals surface area contributed by atoms with E-state index in [-0.39, 0.29) is 5.91 Å². The number of furan rings is 2. The molecule has 1 amide bonds. The molecule has 0 radical (unpaired) electrons. The third-order valence-electron chi connectivity index (χ3n) is 3.64. The van der Waals surface area contributed by atoms with Crippen molar-refractivity contribution < 1.29 is 13.6 Å². The van der Waals surface area contributed by atoms with Gasteiger partial charge in [-0.25, -0.2) is 0 Å². The molecule has 1 N–H and O–H groups in total. The first-order chi connectivity index (χ1) is 13.6. The highest BCUT2D eigenvalue weighted by atomic mass is 35.5. The Kier molecular flexibility index (Phi) is 5.38. The number of nitrogens with one attached hydrogen (secondary N) is 1. The average molecular weight is 432 g/mol. The predicted octanol–water partition coefficient (Wildman–Crippen LogP) is 5.44. The summed E-state index contributed by atoms with van der Waals surface area (Å²) in [6, 6.07) is 12.3. The molecule has 28 heavy (non-hydrogen) atoms. The van der Waals surface area contributed by atoms with Crippen LogP contribution in [0.15, 0.2) is 72.7 Å². The van der Waals surface area contributed by atoms with Crippen molar-refractivity contribution in [2.45, 2.75) is 0 Å². The van der Waals surface area contributed by atoms with Crippen molar-refractivity contribution in [2.24, 2.45) is 10.2 Å². The normalized spacial score (nSPS) is 17.1. The van der Waals surface area contributed by atoms with E-state index in [0.717, 1.165) is 11.8 Å². The molecule has 0 bridgehead atoms. The highest BCUT2D eigenvalue weighted by Gasteiger charge is 2.24. The lowest BCUT2D eigenvalue weighted by Crippen LogP contribution is -2.19. The minimum Gasteiger partial charge on any atom is -0.463 e. The Bertz CT molecular complexity index is 1120. The number of nitrogens with zero attached hydrogens (tertiary/aromatic N) is 2. The van der Waals surface area contributed by atoms with Crippen LogP contribution in [0.2, 0.25) is 10.0 Å². The van der Waals surface area contributed by atoms with Crippen molar-refractivity contribution in [3.05, 3.63) is 75.2 Å². The Hall–Kier alpha value is -2.74. The minimum atomic E-state index is -0.282. The summed E-state index contributed by atoms with van der Waals surface area (Å²) in [5.41, 5.74) is 0.678. The Morgan fingerprint density at radius 2 is 1.96 bits per heavy atom. The summed E-state index contributed by atoms with van der Waals surface area (Å²) in [6.45, 7) is 0. The molecule has 0 atom stereocenters. The lowest BCUT2D eigenvalue weighted by molar-refractivity contribution is -0.115. The van der Waals surface area contributed by atoms with Crippen LogP contribution in [0, 0.1) is 0 Å². The number of benzene rings is 1. The van der Waals surface area contributed by atoms with Gasteiger partial charge in [-0.3, -0.25) is 10.1 Å². The number of carbonyl (C=O) groups is 1. The molecule has 0 spiro atoms. The zero-order valence-corrected chi connectivity index (χ0v) is 16.4. The maximum absolute atomic E-state index is 12.1. The molecule has 0 unspecified atom stereocenters. The molecule has 1 aromatic carbocycles. The van der Waals surface area contributed by atoms with E-state index < -0.39 is 0 Å². The third-order valence-corrected chi connectivity index (χ3v) is 5.36. The fourth-order valence-electron chi connectivity index (χ4n) is 2.38. The Balaban J connectivity index is 1.51. The van der Waals surface area contributed by atoms with E-state index >= 15 is 0 Å². The van der Waals surface area contributed by atoms with Crippen LogP contribution in [0.5, 0.6) is 0 Å². The second-order valence-corrected chi connectivity index (χ2v) is 7.35. The molecule has 0 aliphatic carbocycles. The molecule has 3 aromatic rings. The number of carbonyl (C=O) groups excluding carboxylic acids is 1. The van der Waals surface area contributed by atoms with Gasteiger partial charge in [-0.2, -0.15) is 5.10 Å². The van der Waals surface area contributed by atoms with Gasteiger partial charge in [0, 0.05) is 11.6 Å². The van der Waals surface area contributed by atoms with Crippen LogP contribution in [0.1, 0.15) is 11.5 Å². The SMILES string of the molecule is O=C1NC(=NN=Cc2ccco2)SC1=Cc1ccc(-c2cccc(Cl)c2Cl)o1. The molecule has 2 aromatic heterocycles. The maximum atomic E-state index is 12.1. The lowest BCUT2D eigenvalue weighted by atomic mass is 10.2. The van der Waals surface area contributed by atoms with Gasteiger partial charge in [-0.1, -0.05) is 29.3 Å². The zero-order chi connectivity index (χ0) is 19.5. The Morgan fingerprint density at radius 1 is 1.07 bits per heavy atom. The summed E-state index contributed by atoms with van der Waals surface area (Å²) < 4.78 is 10.9. The summed E-state index contributed by atoms with van der Waals surface area (Å²) in [5.74, 6) is 1.34. The van der Waals surface area contributed by atoms with Crippen molar-refractivity contribution in [3.63, 3.8) is 0 Å². The fraction of sp³-hybridized carbons (Fsp3) is 0. The number of rotatable bonds is 4. The molecule has 9 heteroatoms. The van der Waals surface area contributed by atoms with Gasteiger partial charge < -0.3 is 8.83 Å². The number of thioether (sulfide) groups is 1. The topological polar surface area (TPSA) is 80.1 Å². The first-order valence-corrected chi connectivity index (χ1v) is 9.57. The largest absolute Gasteiger partial charge is 0.463 e. The highest BCUT2D eigenvalue weighted by molar-refractivity contribution is 8.18. The zero-order valence-electron chi connectivity index (χ0n) is 14.1. The highest BCUT2D eigenvalue weighted by Crippen LogP contribution is 2.35. The Morgan fingerprint density at radius 3 is 2.79 bits per heavy atom. The molecule has 140 valence electrons. The van der Waals surface area contributed by atoms with E-state index in [1.165, 1.54) is 12.5 Å². The van der Waals surface area contributed by atoms with Crippen LogP contribution >= 0.6 is 35.0 Å². The van der Waals surface area contributed by atoms with Crippen LogP contribution in [-0.2, 0) is 4.79 Å². The number of hydrogen-bond acceptors (Lipinski definition) is 6. The average Bonchev–Trinajstić information content (AvgIpc) is 3.41. The fourth-order valence-corrected chi connectivity index (χ4v) is 3.53. The van der Waals surface area contributed by atoms with E-state index in [1.807, 2.05) is 6.07 Å². The minimum absolute atomic E-state index is 0.282. The third kappa shape index (κ3) is 4.06. The summed E-state index contributed by atoms with van der Waals surface area (Å²) >= 11 is 13.4. The van der Waals surface area contributed by atoms with Gasteiger partial charge in [0.25, 0.3) is 5.91 Å². The Labute approximate surface area is 173 Å². The molecular formula is C19H11Cl2N3O3S. The van der Waals surface area contributed by atoms with Crippen LogP contribution in [0.4, 0.5) is 0 Å². The van der Waals surface area contributed by atoms with Crippen molar-refractivity contribution >= 4 is 58.3 Å². The van der Waals surface area contributed by atoms with E-state index in [9.17, 15) is 4.79 Å².